The third kappa shape index (κ3) is 4.72. The lowest BCUT2D eigenvalue weighted by Crippen LogP contribution is -2.27. The molecule has 0 aliphatic carbocycles. The van der Waals surface area contributed by atoms with Crippen LogP contribution in [0.2, 0.25) is 0 Å². The van der Waals surface area contributed by atoms with E-state index in [1.807, 2.05) is 6.07 Å². The van der Waals surface area contributed by atoms with Crippen molar-refractivity contribution in [3.8, 4) is 0 Å². The number of sulfonamides is 1. The Balaban J connectivity index is 2.45. The predicted molar refractivity (Wildman–Crippen MR) is 63.1 cm³/mol. The van der Waals surface area contributed by atoms with Gasteiger partial charge in [0.2, 0.25) is 10.0 Å². The number of rotatable bonds is 5. The Hall–Kier alpha value is -0.460. The highest BCUT2D eigenvalue weighted by Gasteiger charge is 2.04. The van der Waals surface area contributed by atoms with Crippen LogP contribution in [0.5, 0.6) is 0 Å². The van der Waals surface area contributed by atoms with E-state index in [9.17, 15) is 8.42 Å². The number of aromatic nitrogens is 1. The molecule has 0 atom stereocenters. The van der Waals surface area contributed by atoms with Crippen LogP contribution in [0.25, 0.3) is 0 Å². The number of hydrogen-bond donors (Lipinski definition) is 1. The molecular weight excluding hydrogens is 280 g/mol. The van der Waals surface area contributed by atoms with Crippen LogP contribution in [0, 0.1) is 0 Å². The van der Waals surface area contributed by atoms with E-state index in [0.29, 0.717) is 13.0 Å². The molecule has 1 aromatic heterocycles. The quantitative estimate of drug-likeness (QED) is 0.891. The van der Waals surface area contributed by atoms with Crippen molar-refractivity contribution in [3.05, 3.63) is 28.5 Å². The molecular formula is C9H13BrN2O2S. The van der Waals surface area contributed by atoms with Crippen LogP contribution in [-0.2, 0) is 16.4 Å². The van der Waals surface area contributed by atoms with Gasteiger partial charge in [-0.1, -0.05) is 0 Å². The zero-order valence-corrected chi connectivity index (χ0v) is 10.8. The fourth-order valence-corrected chi connectivity index (χ4v) is 2.07. The first-order chi connectivity index (χ1) is 7.03. The van der Waals surface area contributed by atoms with E-state index in [2.05, 4.69) is 25.6 Å². The number of hydrogen-bond acceptors (Lipinski definition) is 3. The van der Waals surface area contributed by atoms with Crippen LogP contribution in [0.4, 0.5) is 0 Å². The summed E-state index contributed by atoms with van der Waals surface area (Å²) >= 11 is 3.31. The second-order valence-corrected chi connectivity index (χ2v) is 6.07. The fraction of sp³-hybridized carbons (Fsp3) is 0.444. The van der Waals surface area contributed by atoms with Crippen molar-refractivity contribution in [2.75, 3.05) is 12.3 Å². The Bertz CT molecular complexity index is 420. The molecule has 1 rings (SSSR count). The van der Waals surface area contributed by atoms with Crippen molar-refractivity contribution in [2.45, 2.75) is 13.3 Å². The molecule has 0 spiro atoms. The average molecular weight is 293 g/mol. The second kappa shape index (κ2) is 5.58. The number of nitrogens with zero attached hydrogens (tertiary/aromatic N) is 1. The van der Waals surface area contributed by atoms with Gasteiger partial charge in [-0.3, -0.25) is 4.98 Å². The predicted octanol–water partition coefficient (Wildman–Crippen LogP) is 1.33. The normalized spacial score (nSPS) is 11.6. The summed E-state index contributed by atoms with van der Waals surface area (Å²) in [7, 11) is -3.08. The van der Waals surface area contributed by atoms with Gasteiger partial charge in [0.05, 0.1) is 5.75 Å². The molecule has 15 heavy (non-hydrogen) atoms. The molecule has 1 heterocycles. The topological polar surface area (TPSA) is 59.1 Å². The molecule has 0 bridgehead atoms. The molecule has 0 unspecified atom stereocenters. The third-order valence-electron chi connectivity index (χ3n) is 1.88. The summed E-state index contributed by atoms with van der Waals surface area (Å²) in [4.78, 5) is 4.00. The zero-order chi connectivity index (χ0) is 11.3. The zero-order valence-electron chi connectivity index (χ0n) is 8.40. The molecule has 84 valence electrons. The van der Waals surface area contributed by atoms with Gasteiger partial charge in [-0.15, -0.1) is 0 Å². The third-order valence-corrected chi connectivity index (χ3v) is 3.71. The lowest BCUT2D eigenvalue weighted by molar-refractivity contribution is 0.583. The van der Waals surface area contributed by atoms with Gasteiger partial charge in [-0.2, -0.15) is 0 Å². The van der Waals surface area contributed by atoms with Gasteiger partial charge >= 0.3 is 0 Å². The minimum Gasteiger partial charge on any atom is -0.263 e. The standard InChI is InChI=1S/C9H13BrN2O2S/c1-2-15(13,14)12-4-3-8-5-9(10)7-11-6-8/h5-7,12H,2-4H2,1H3. The Labute approximate surface area is 98.3 Å². The van der Waals surface area contributed by atoms with Crippen molar-refractivity contribution in [1.29, 1.82) is 0 Å². The van der Waals surface area contributed by atoms with Gasteiger partial charge in [0.1, 0.15) is 0 Å². The van der Waals surface area contributed by atoms with Crippen molar-refractivity contribution in [3.63, 3.8) is 0 Å². The molecule has 1 N–H and O–H groups in total. The van der Waals surface area contributed by atoms with Crippen molar-refractivity contribution in [1.82, 2.24) is 9.71 Å². The molecule has 1 aromatic rings. The molecule has 6 heteroatoms. The minimum absolute atomic E-state index is 0.115. The van der Waals surface area contributed by atoms with E-state index in [-0.39, 0.29) is 5.75 Å². The summed E-state index contributed by atoms with van der Waals surface area (Å²) in [6, 6.07) is 1.92. The highest BCUT2D eigenvalue weighted by atomic mass is 79.9. The molecule has 0 aliphatic rings. The van der Waals surface area contributed by atoms with Gasteiger partial charge in [0, 0.05) is 23.4 Å². The van der Waals surface area contributed by atoms with Gasteiger partial charge < -0.3 is 0 Å². The first-order valence-corrected chi connectivity index (χ1v) is 7.05. The molecule has 0 saturated carbocycles. The summed E-state index contributed by atoms with van der Waals surface area (Å²) < 4.78 is 25.6. The smallest absolute Gasteiger partial charge is 0.211 e. The van der Waals surface area contributed by atoms with Crippen molar-refractivity contribution < 1.29 is 8.42 Å². The molecule has 0 saturated heterocycles. The molecule has 0 fully saturated rings. The second-order valence-electron chi connectivity index (χ2n) is 3.06. The van der Waals surface area contributed by atoms with E-state index >= 15 is 0 Å². The summed E-state index contributed by atoms with van der Waals surface area (Å²) in [5, 5.41) is 0. The van der Waals surface area contributed by atoms with E-state index in [0.717, 1.165) is 10.0 Å². The van der Waals surface area contributed by atoms with Crippen molar-refractivity contribution >= 4 is 26.0 Å². The minimum atomic E-state index is -3.08. The Morgan fingerprint density at radius 2 is 2.20 bits per heavy atom. The SMILES string of the molecule is CCS(=O)(=O)NCCc1cncc(Br)c1. The Morgan fingerprint density at radius 3 is 2.80 bits per heavy atom. The molecule has 0 aromatic carbocycles. The Morgan fingerprint density at radius 1 is 1.47 bits per heavy atom. The summed E-state index contributed by atoms with van der Waals surface area (Å²) in [5.74, 6) is 0.115. The fourth-order valence-electron chi connectivity index (χ4n) is 1.05. The maximum Gasteiger partial charge on any atom is 0.211 e. The highest BCUT2D eigenvalue weighted by molar-refractivity contribution is 9.10. The lowest BCUT2D eigenvalue weighted by Gasteiger charge is -2.04. The maximum atomic E-state index is 11.1. The van der Waals surface area contributed by atoms with Crippen LogP contribution in [0.3, 0.4) is 0 Å². The van der Waals surface area contributed by atoms with Gasteiger partial charge in [0.25, 0.3) is 0 Å². The lowest BCUT2D eigenvalue weighted by atomic mass is 10.2. The largest absolute Gasteiger partial charge is 0.263 e. The number of pyridine rings is 1. The van der Waals surface area contributed by atoms with E-state index in [1.54, 1.807) is 19.3 Å². The first kappa shape index (κ1) is 12.6. The van der Waals surface area contributed by atoms with E-state index in [4.69, 9.17) is 0 Å². The van der Waals surface area contributed by atoms with Crippen LogP contribution >= 0.6 is 15.9 Å². The van der Waals surface area contributed by atoms with Gasteiger partial charge in [0.15, 0.2) is 0 Å². The monoisotopic (exact) mass is 292 g/mol. The molecule has 0 radical (unpaired) electrons. The summed E-state index contributed by atoms with van der Waals surface area (Å²) in [6.45, 7) is 2.03. The first-order valence-electron chi connectivity index (χ1n) is 4.60. The summed E-state index contributed by atoms with van der Waals surface area (Å²) in [5.41, 5.74) is 1.00. The molecule has 0 amide bonds. The summed E-state index contributed by atoms with van der Waals surface area (Å²) in [6.07, 6.45) is 4.07. The number of halogens is 1. The van der Waals surface area contributed by atoms with E-state index < -0.39 is 10.0 Å². The average Bonchev–Trinajstić information content (AvgIpc) is 2.18. The Kier molecular flexibility index (Phi) is 4.69. The highest BCUT2D eigenvalue weighted by Crippen LogP contribution is 2.09. The van der Waals surface area contributed by atoms with Crippen LogP contribution in [0.15, 0.2) is 22.9 Å². The van der Waals surface area contributed by atoms with Crippen LogP contribution < -0.4 is 4.72 Å². The van der Waals surface area contributed by atoms with Crippen LogP contribution in [0.1, 0.15) is 12.5 Å². The molecule has 4 nitrogen and oxygen atoms in total. The van der Waals surface area contributed by atoms with Crippen LogP contribution in [-0.4, -0.2) is 25.7 Å². The van der Waals surface area contributed by atoms with Gasteiger partial charge in [-0.25, -0.2) is 13.1 Å². The van der Waals surface area contributed by atoms with Crippen molar-refractivity contribution in [2.24, 2.45) is 0 Å². The van der Waals surface area contributed by atoms with Gasteiger partial charge in [-0.05, 0) is 40.9 Å². The number of nitrogens with one attached hydrogen (secondary N) is 1. The van der Waals surface area contributed by atoms with E-state index in [1.165, 1.54) is 0 Å². The maximum absolute atomic E-state index is 11.1. The molecule has 0 aliphatic heterocycles.